The molecule has 29 heavy (non-hydrogen) atoms. The standard InChI is InChI=1S/C21H21N2O2.CH3.3Pr/c1-4-25-21(24)15-14-20(23-18-11-6-5-7-12-18)17(3)22-19-13-9-8-10-16(19)2;;;;/h5-10H,4,14-15H2,1-3H3;1H3;;;/q-3;-1;;;. The summed E-state index contributed by atoms with van der Waals surface area (Å²) in [5, 5.41) is 0. The van der Waals surface area contributed by atoms with Crippen LogP contribution in [0, 0.1) is 156 Å². The van der Waals surface area contributed by atoms with Gasteiger partial charge in [0.25, 0.3) is 0 Å². The average Bonchev–Trinajstić information content (AvgIpc) is 2.61. The van der Waals surface area contributed by atoms with Crippen LogP contribution >= 0.6 is 0 Å². The summed E-state index contributed by atoms with van der Waals surface area (Å²) in [5.41, 5.74) is 3.84. The number of benzene rings is 2. The molecular formula is C22H24N2O2Pr3-4. The van der Waals surface area contributed by atoms with E-state index in [0.29, 0.717) is 24.4 Å². The molecule has 7 heteroatoms. The predicted octanol–water partition coefficient (Wildman–Crippen LogP) is 5.05. The van der Waals surface area contributed by atoms with Crippen molar-refractivity contribution in [2.75, 3.05) is 6.61 Å². The summed E-state index contributed by atoms with van der Waals surface area (Å²) in [4.78, 5) is 20.9. The number of carbonyl (C=O) groups is 1. The molecule has 0 aliphatic carbocycles. The van der Waals surface area contributed by atoms with Crippen LogP contribution < -0.4 is 0 Å². The van der Waals surface area contributed by atoms with Crippen molar-refractivity contribution < 1.29 is 133 Å². The summed E-state index contributed by atoms with van der Waals surface area (Å²) >= 11 is 0. The van der Waals surface area contributed by atoms with Gasteiger partial charge in [0.1, 0.15) is 0 Å². The molecule has 3 radical (unpaired) electrons. The number of ether oxygens (including phenoxy) is 1. The van der Waals surface area contributed by atoms with Crippen molar-refractivity contribution in [2.24, 2.45) is 9.98 Å². The smallest absolute Gasteiger partial charge is 0.306 e. The predicted molar refractivity (Wildman–Crippen MR) is 106 cm³/mol. The van der Waals surface area contributed by atoms with E-state index >= 15 is 0 Å². The Kier molecular flexibility index (Phi) is 24.1. The molecule has 2 aromatic rings. The molecule has 0 N–H and O–H groups in total. The molecule has 2 aromatic carbocycles. The van der Waals surface area contributed by atoms with E-state index < -0.39 is 0 Å². The minimum atomic E-state index is -0.244. The third-order valence-corrected chi connectivity index (χ3v) is 3.48. The first-order valence-corrected chi connectivity index (χ1v) is 8.24. The van der Waals surface area contributed by atoms with Crippen molar-refractivity contribution in [2.45, 2.75) is 33.6 Å². The Balaban J connectivity index is -0.00000169. The number of aryl methyl sites for hydroxylation is 1. The Hall–Kier alpha value is 1.34. The van der Waals surface area contributed by atoms with Crippen molar-refractivity contribution in [1.29, 1.82) is 0 Å². The van der Waals surface area contributed by atoms with Gasteiger partial charge in [0.2, 0.25) is 0 Å². The van der Waals surface area contributed by atoms with Crippen LogP contribution in [0.1, 0.15) is 32.3 Å². The van der Waals surface area contributed by atoms with Crippen LogP contribution in [0.2, 0.25) is 0 Å². The third-order valence-electron chi connectivity index (χ3n) is 3.48. The zero-order chi connectivity index (χ0) is 18.1. The molecule has 0 aromatic heterocycles. The van der Waals surface area contributed by atoms with Crippen LogP contribution in [0.5, 0.6) is 0 Å². The average molecular weight is 771 g/mol. The summed E-state index contributed by atoms with van der Waals surface area (Å²) in [6.07, 6.45) is 0.695. The van der Waals surface area contributed by atoms with E-state index in [9.17, 15) is 4.79 Å². The molecule has 0 aliphatic heterocycles. The van der Waals surface area contributed by atoms with Crippen LogP contribution in [0.4, 0.5) is 11.4 Å². The van der Waals surface area contributed by atoms with Crippen molar-refractivity contribution in [3.05, 3.63) is 67.6 Å². The molecule has 0 bridgehead atoms. The van der Waals surface area contributed by atoms with Crippen LogP contribution in [-0.2, 0) is 9.53 Å². The minimum Gasteiger partial charge on any atom is -0.466 e. The first-order valence-electron chi connectivity index (χ1n) is 8.24. The Morgan fingerprint density at radius 3 is 2.21 bits per heavy atom. The van der Waals surface area contributed by atoms with E-state index in [1.807, 2.05) is 38.1 Å². The molecule has 0 spiro atoms. The maximum absolute atomic E-state index is 11.7. The number of aliphatic imine (C=N–C) groups is 2. The molecule has 0 saturated heterocycles. The van der Waals surface area contributed by atoms with E-state index in [1.165, 1.54) is 0 Å². The van der Waals surface area contributed by atoms with Crippen molar-refractivity contribution >= 4 is 28.8 Å². The fourth-order valence-corrected chi connectivity index (χ4v) is 2.18. The summed E-state index contributed by atoms with van der Waals surface area (Å²) in [6.45, 7) is 6.03. The quantitative estimate of drug-likeness (QED) is 0.225. The monoisotopic (exact) mass is 771 g/mol. The molecule has 4 nitrogen and oxygen atoms in total. The van der Waals surface area contributed by atoms with Crippen molar-refractivity contribution in [3.63, 3.8) is 0 Å². The van der Waals surface area contributed by atoms with Gasteiger partial charge in [-0.2, -0.15) is 30.0 Å². The maximum Gasteiger partial charge on any atom is 0.306 e. The first kappa shape index (κ1) is 34.9. The number of esters is 1. The molecule has 0 atom stereocenters. The SMILES string of the molecule is CCOC(=O)CCC(=Nc1[c-]ccc[c-]1)C(C)=Nc1[c-]cccc1C.[CH3-].[Pr].[Pr].[Pr]. The Labute approximate surface area is 275 Å². The third kappa shape index (κ3) is 13.5. The summed E-state index contributed by atoms with van der Waals surface area (Å²) in [5.74, 6) is -0.244. The summed E-state index contributed by atoms with van der Waals surface area (Å²) in [6, 6.07) is 20.3. The van der Waals surface area contributed by atoms with Gasteiger partial charge in [0.15, 0.2) is 0 Å². The molecule has 147 valence electrons. The largest absolute Gasteiger partial charge is 0.466 e. The fourth-order valence-electron chi connectivity index (χ4n) is 2.18. The second-order valence-electron chi connectivity index (χ2n) is 5.43. The number of para-hydroxylation sites is 2. The van der Waals surface area contributed by atoms with Gasteiger partial charge in [-0.1, -0.05) is 6.92 Å². The van der Waals surface area contributed by atoms with E-state index in [-0.39, 0.29) is 144 Å². The molecule has 0 saturated carbocycles. The second kappa shape index (κ2) is 20.0. The van der Waals surface area contributed by atoms with Crippen LogP contribution in [0.15, 0.2) is 46.4 Å². The zero-order valence-corrected chi connectivity index (χ0v) is 28.6. The van der Waals surface area contributed by atoms with Crippen LogP contribution in [0.25, 0.3) is 0 Å². The summed E-state index contributed by atoms with van der Waals surface area (Å²) in [7, 11) is 0. The number of hydrogen-bond acceptors (Lipinski definition) is 4. The molecule has 0 aliphatic rings. The van der Waals surface area contributed by atoms with Gasteiger partial charge < -0.3 is 29.3 Å². The van der Waals surface area contributed by atoms with Gasteiger partial charge in [-0.15, -0.1) is 5.56 Å². The maximum atomic E-state index is 11.7. The van der Waals surface area contributed by atoms with E-state index in [0.717, 1.165) is 17.0 Å². The van der Waals surface area contributed by atoms with Crippen molar-refractivity contribution in [3.8, 4) is 0 Å². The van der Waals surface area contributed by atoms with E-state index in [2.05, 4.69) is 28.2 Å². The molecule has 2 rings (SSSR count). The molecule has 0 heterocycles. The van der Waals surface area contributed by atoms with Crippen molar-refractivity contribution in [1.82, 2.24) is 0 Å². The van der Waals surface area contributed by atoms with Crippen LogP contribution in [-0.4, -0.2) is 24.0 Å². The number of nitrogens with zero attached hydrogens (tertiary/aromatic N) is 2. The van der Waals surface area contributed by atoms with Gasteiger partial charge in [-0.25, -0.2) is 0 Å². The molecule has 0 amide bonds. The van der Waals surface area contributed by atoms with E-state index in [4.69, 9.17) is 4.74 Å². The summed E-state index contributed by atoms with van der Waals surface area (Å²) < 4.78 is 5.00. The van der Waals surface area contributed by atoms with E-state index in [1.54, 1.807) is 19.1 Å². The minimum absolute atomic E-state index is 0. The Morgan fingerprint density at radius 1 is 1.00 bits per heavy atom. The molecule has 0 fully saturated rings. The second-order valence-corrected chi connectivity index (χ2v) is 5.43. The number of carbonyl (C=O) groups excluding carboxylic acids is 1. The van der Waals surface area contributed by atoms with Gasteiger partial charge in [0.05, 0.1) is 24.5 Å². The number of hydrogen-bond donors (Lipinski definition) is 0. The zero-order valence-electron chi connectivity index (χ0n) is 17.5. The van der Waals surface area contributed by atoms with Gasteiger partial charge in [-0.3, -0.25) is 28.0 Å². The fraction of sp³-hybridized carbons (Fsp3) is 0.273. The topological polar surface area (TPSA) is 51.0 Å². The first-order chi connectivity index (χ1) is 12.1. The number of rotatable bonds is 7. The van der Waals surface area contributed by atoms with Gasteiger partial charge in [0, 0.05) is 130 Å². The van der Waals surface area contributed by atoms with Gasteiger partial charge >= 0.3 is 5.97 Å². The van der Waals surface area contributed by atoms with Gasteiger partial charge in [-0.05, 0) is 19.5 Å². The molecular weight excluding hydrogens is 747 g/mol. The molecule has 0 unspecified atom stereocenters. The van der Waals surface area contributed by atoms with Crippen LogP contribution in [0.3, 0.4) is 0 Å². The normalized spacial score (nSPS) is 10.4. The Morgan fingerprint density at radius 2 is 1.62 bits per heavy atom. The Bertz CT molecular complexity index is 779.